The van der Waals surface area contributed by atoms with Crippen molar-refractivity contribution in [3.63, 3.8) is 0 Å². The lowest BCUT2D eigenvalue weighted by Crippen LogP contribution is -2.15. The molecule has 0 unspecified atom stereocenters. The standard InChI is InChI=1S/C28H50O14S/c29-6-7-32-8-9-33-10-11-34-12-13-35-14-15-36-16-17-37-18-19-38-20-21-39-22-23-40-24-25-41-26-27-42-43(30,31)28-4-2-1-3-5-28/h1-5,29H,6-27H2. The Hall–Kier alpha value is -1.31. The third kappa shape index (κ3) is 26.8. The molecule has 0 amide bonds. The molecule has 0 heterocycles. The summed E-state index contributed by atoms with van der Waals surface area (Å²) in [5.74, 6) is 0. The van der Waals surface area contributed by atoms with Gasteiger partial charge in [0.15, 0.2) is 0 Å². The molecule has 0 fully saturated rings. The maximum Gasteiger partial charge on any atom is 0.297 e. The summed E-state index contributed by atoms with van der Waals surface area (Å²) in [7, 11) is -3.76. The molecular formula is C28H50O14S. The Kier molecular flexibility index (Phi) is 28.4. The van der Waals surface area contributed by atoms with E-state index in [0.717, 1.165) is 0 Å². The van der Waals surface area contributed by atoms with Crippen LogP contribution in [0.25, 0.3) is 0 Å². The molecule has 43 heavy (non-hydrogen) atoms. The molecule has 0 aliphatic carbocycles. The SMILES string of the molecule is O=S(=O)(OCCOCCOCCOCCOCCOCCOCCOCCOCCOCCOCCO)c1ccccc1. The molecule has 1 rings (SSSR count). The van der Waals surface area contributed by atoms with Gasteiger partial charge in [-0.25, -0.2) is 0 Å². The molecule has 1 aromatic rings. The quantitative estimate of drug-likeness (QED) is 0.0821. The van der Waals surface area contributed by atoms with Crippen LogP contribution >= 0.6 is 0 Å². The van der Waals surface area contributed by atoms with Gasteiger partial charge in [0.1, 0.15) is 0 Å². The first-order valence-electron chi connectivity index (χ1n) is 14.5. The highest BCUT2D eigenvalue weighted by molar-refractivity contribution is 7.86. The van der Waals surface area contributed by atoms with Gasteiger partial charge in [-0.3, -0.25) is 4.18 Å². The minimum absolute atomic E-state index is 0.0183. The number of ether oxygens (including phenoxy) is 10. The van der Waals surface area contributed by atoms with Gasteiger partial charge in [-0.1, -0.05) is 18.2 Å². The molecule has 0 spiro atoms. The van der Waals surface area contributed by atoms with E-state index in [1.165, 1.54) is 12.1 Å². The molecule has 0 aliphatic rings. The minimum Gasteiger partial charge on any atom is -0.394 e. The van der Waals surface area contributed by atoms with Crippen molar-refractivity contribution in [1.29, 1.82) is 0 Å². The molecular weight excluding hydrogens is 592 g/mol. The molecule has 15 heteroatoms. The lowest BCUT2D eigenvalue weighted by atomic mass is 10.4. The van der Waals surface area contributed by atoms with E-state index in [9.17, 15) is 8.42 Å². The van der Waals surface area contributed by atoms with Crippen LogP contribution in [0.3, 0.4) is 0 Å². The zero-order chi connectivity index (χ0) is 30.9. The molecule has 0 aromatic heterocycles. The second-order valence-corrected chi connectivity index (χ2v) is 10.1. The van der Waals surface area contributed by atoms with E-state index >= 15 is 0 Å². The third-order valence-electron chi connectivity index (χ3n) is 5.08. The summed E-state index contributed by atoms with van der Waals surface area (Å²) in [5.41, 5.74) is 0. The van der Waals surface area contributed by atoms with Crippen molar-refractivity contribution in [3.05, 3.63) is 30.3 Å². The van der Waals surface area contributed by atoms with Crippen LogP contribution in [0.2, 0.25) is 0 Å². The van der Waals surface area contributed by atoms with Gasteiger partial charge >= 0.3 is 0 Å². The highest BCUT2D eigenvalue weighted by Gasteiger charge is 2.13. The summed E-state index contributed by atoms with van der Waals surface area (Å²) >= 11 is 0. The van der Waals surface area contributed by atoms with Gasteiger partial charge in [-0.05, 0) is 12.1 Å². The lowest BCUT2D eigenvalue weighted by Gasteiger charge is -2.09. The lowest BCUT2D eigenvalue weighted by molar-refractivity contribution is -0.0270. The van der Waals surface area contributed by atoms with Crippen LogP contribution < -0.4 is 0 Å². The smallest absolute Gasteiger partial charge is 0.297 e. The number of rotatable bonds is 34. The molecule has 0 saturated heterocycles. The van der Waals surface area contributed by atoms with E-state index in [-0.39, 0.29) is 24.7 Å². The Bertz CT molecular complexity index is 800. The predicted molar refractivity (Wildman–Crippen MR) is 155 cm³/mol. The normalized spacial score (nSPS) is 11.8. The summed E-state index contributed by atoms with van der Waals surface area (Å²) in [5, 5.41) is 8.57. The number of benzene rings is 1. The number of hydrogen-bond donors (Lipinski definition) is 1. The topological polar surface area (TPSA) is 156 Å². The summed E-state index contributed by atoms with van der Waals surface area (Å²) < 4.78 is 82.5. The average Bonchev–Trinajstić information content (AvgIpc) is 3.02. The number of aliphatic hydroxyl groups excluding tert-OH is 1. The molecule has 14 nitrogen and oxygen atoms in total. The van der Waals surface area contributed by atoms with Crippen LogP contribution in [0.5, 0.6) is 0 Å². The van der Waals surface area contributed by atoms with Crippen LogP contribution in [0.1, 0.15) is 0 Å². The molecule has 0 saturated carbocycles. The van der Waals surface area contributed by atoms with Crippen molar-refractivity contribution in [2.45, 2.75) is 4.90 Å². The van der Waals surface area contributed by atoms with Gasteiger partial charge in [0.2, 0.25) is 0 Å². The third-order valence-corrected chi connectivity index (χ3v) is 6.41. The number of aliphatic hydroxyl groups is 1. The van der Waals surface area contributed by atoms with Crippen molar-refractivity contribution < 1.29 is 65.1 Å². The summed E-state index contributed by atoms with van der Waals surface area (Å²) in [6.45, 7) is 8.71. The first kappa shape index (κ1) is 39.7. The largest absolute Gasteiger partial charge is 0.394 e. The van der Waals surface area contributed by atoms with Gasteiger partial charge in [-0.15, -0.1) is 0 Å². The van der Waals surface area contributed by atoms with Crippen molar-refractivity contribution in [2.75, 3.05) is 145 Å². The molecule has 0 radical (unpaired) electrons. The highest BCUT2D eigenvalue weighted by atomic mass is 32.2. The van der Waals surface area contributed by atoms with Crippen LogP contribution in [0, 0.1) is 0 Å². The highest BCUT2D eigenvalue weighted by Crippen LogP contribution is 2.10. The first-order chi connectivity index (χ1) is 21.2. The molecule has 1 N–H and O–H groups in total. The monoisotopic (exact) mass is 642 g/mol. The molecule has 0 bridgehead atoms. The van der Waals surface area contributed by atoms with E-state index in [1.807, 2.05) is 0 Å². The van der Waals surface area contributed by atoms with E-state index in [4.69, 9.17) is 56.7 Å². The van der Waals surface area contributed by atoms with Crippen molar-refractivity contribution in [1.82, 2.24) is 0 Å². The van der Waals surface area contributed by atoms with E-state index in [1.54, 1.807) is 18.2 Å². The van der Waals surface area contributed by atoms with Gasteiger partial charge in [0.25, 0.3) is 10.1 Å². The van der Waals surface area contributed by atoms with E-state index in [0.29, 0.717) is 126 Å². The molecule has 1 aromatic carbocycles. The maximum atomic E-state index is 11.9. The zero-order valence-electron chi connectivity index (χ0n) is 25.1. The molecule has 252 valence electrons. The average molecular weight is 643 g/mol. The zero-order valence-corrected chi connectivity index (χ0v) is 25.9. The van der Waals surface area contributed by atoms with Crippen LogP contribution in [-0.2, 0) is 61.7 Å². The van der Waals surface area contributed by atoms with Crippen molar-refractivity contribution in [3.8, 4) is 0 Å². The predicted octanol–water partition coefficient (Wildman–Crippen LogP) is 0.550. The fourth-order valence-electron chi connectivity index (χ4n) is 3.00. The van der Waals surface area contributed by atoms with Crippen LogP contribution in [-0.4, -0.2) is 159 Å². The second-order valence-electron chi connectivity index (χ2n) is 8.44. The van der Waals surface area contributed by atoms with E-state index in [2.05, 4.69) is 0 Å². The van der Waals surface area contributed by atoms with Crippen molar-refractivity contribution >= 4 is 10.1 Å². The van der Waals surface area contributed by atoms with Crippen LogP contribution in [0.15, 0.2) is 35.2 Å². The van der Waals surface area contributed by atoms with E-state index < -0.39 is 10.1 Å². The Labute approximate surface area is 255 Å². The second kappa shape index (κ2) is 30.7. The Balaban J connectivity index is 1.67. The minimum atomic E-state index is -3.76. The van der Waals surface area contributed by atoms with Crippen molar-refractivity contribution in [2.24, 2.45) is 0 Å². The fraction of sp³-hybridized carbons (Fsp3) is 0.786. The first-order valence-corrected chi connectivity index (χ1v) is 15.9. The Morgan fingerprint density at radius 1 is 0.395 bits per heavy atom. The van der Waals surface area contributed by atoms with Gasteiger partial charge in [-0.2, -0.15) is 8.42 Å². The Morgan fingerprint density at radius 2 is 0.651 bits per heavy atom. The Morgan fingerprint density at radius 3 is 0.930 bits per heavy atom. The van der Waals surface area contributed by atoms with Crippen LogP contribution in [0.4, 0.5) is 0 Å². The summed E-state index contributed by atoms with van der Waals surface area (Å²) in [6.07, 6.45) is 0. The van der Waals surface area contributed by atoms with Gasteiger partial charge < -0.3 is 52.5 Å². The summed E-state index contributed by atoms with van der Waals surface area (Å²) in [6, 6.07) is 7.97. The molecule has 0 aliphatic heterocycles. The van der Waals surface area contributed by atoms with Gasteiger partial charge in [0.05, 0.1) is 150 Å². The summed E-state index contributed by atoms with van der Waals surface area (Å²) in [4.78, 5) is 0.119. The van der Waals surface area contributed by atoms with Gasteiger partial charge in [0, 0.05) is 0 Å². The molecule has 0 atom stereocenters. The number of hydrogen-bond acceptors (Lipinski definition) is 14. The fourth-order valence-corrected chi connectivity index (χ4v) is 3.92. The maximum absolute atomic E-state index is 11.9.